The van der Waals surface area contributed by atoms with Crippen molar-refractivity contribution in [1.82, 2.24) is 0 Å². The van der Waals surface area contributed by atoms with Gasteiger partial charge in [0.1, 0.15) is 11.6 Å². The van der Waals surface area contributed by atoms with Crippen molar-refractivity contribution >= 4 is 60.6 Å². The lowest BCUT2D eigenvalue weighted by atomic mass is 10.2. The highest BCUT2D eigenvalue weighted by molar-refractivity contribution is 9.11. The van der Waals surface area contributed by atoms with Gasteiger partial charge in [-0.3, -0.25) is 0 Å². The van der Waals surface area contributed by atoms with Gasteiger partial charge in [-0.15, -0.1) is 0 Å². The number of ether oxygens (including phenoxy) is 1. The summed E-state index contributed by atoms with van der Waals surface area (Å²) >= 11 is 11.8. The number of aryl methyl sites for hydroxylation is 1. The van der Waals surface area contributed by atoms with Gasteiger partial charge in [-0.2, -0.15) is 0 Å². The molecule has 116 valence electrons. The minimum absolute atomic E-state index is 0.269. The third-order valence-electron chi connectivity index (χ3n) is 2.85. The molecule has 22 heavy (non-hydrogen) atoms. The van der Waals surface area contributed by atoms with Gasteiger partial charge in [-0.1, -0.05) is 22.0 Å². The Labute approximate surface area is 150 Å². The van der Waals surface area contributed by atoms with E-state index in [0.717, 1.165) is 5.56 Å². The summed E-state index contributed by atoms with van der Waals surface area (Å²) in [5, 5.41) is 6.13. The van der Waals surface area contributed by atoms with Crippen LogP contribution >= 0.6 is 44.1 Å². The summed E-state index contributed by atoms with van der Waals surface area (Å²) in [6, 6.07) is 8.78. The van der Waals surface area contributed by atoms with Gasteiger partial charge in [-0.05, 0) is 64.9 Å². The summed E-state index contributed by atoms with van der Waals surface area (Å²) in [7, 11) is 1.58. The molecule has 0 amide bonds. The molecule has 0 aliphatic rings. The molecule has 0 fully saturated rings. The topological polar surface area (TPSA) is 33.3 Å². The van der Waals surface area contributed by atoms with Crippen molar-refractivity contribution in [3.8, 4) is 5.75 Å². The van der Waals surface area contributed by atoms with Gasteiger partial charge in [0.05, 0.1) is 18.5 Å². The molecule has 0 aliphatic heterocycles. The quantitative estimate of drug-likeness (QED) is 0.610. The molecule has 0 radical (unpaired) electrons. The van der Waals surface area contributed by atoms with Crippen LogP contribution in [-0.4, -0.2) is 12.2 Å². The second-order valence-corrected chi connectivity index (χ2v) is 6.71. The van der Waals surface area contributed by atoms with Crippen molar-refractivity contribution in [1.29, 1.82) is 0 Å². The Hall–Kier alpha value is -1.18. The average molecular weight is 448 g/mol. The van der Waals surface area contributed by atoms with E-state index in [2.05, 4.69) is 42.5 Å². The van der Waals surface area contributed by atoms with E-state index in [1.807, 2.05) is 25.1 Å². The number of thiocarbonyl (C=S) groups is 1. The molecular formula is C15H13Br2FN2OS. The number of hydrogen-bond donors (Lipinski definition) is 2. The predicted molar refractivity (Wildman–Crippen MR) is 99.4 cm³/mol. The fourth-order valence-electron chi connectivity index (χ4n) is 1.85. The van der Waals surface area contributed by atoms with Crippen LogP contribution < -0.4 is 15.4 Å². The van der Waals surface area contributed by atoms with Gasteiger partial charge in [0, 0.05) is 8.95 Å². The molecule has 2 rings (SSSR count). The van der Waals surface area contributed by atoms with E-state index in [9.17, 15) is 4.39 Å². The van der Waals surface area contributed by atoms with Gasteiger partial charge in [0.25, 0.3) is 0 Å². The van der Waals surface area contributed by atoms with Crippen LogP contribution in [0.3, 0.4) is 0 Å². The molecular weight excluding hydrogens is 435 g/mol. The van der Waals surface area contributed by atoms with E-state index >= 15 is 0 Å². The van der Waals surface area contributed by atoms with Crippen LogP contribution in [0.5, 0.6) is 5.75 Å². The first kappa shape index (κ1) is 17.2. The van der Waals surface area contributed by atoms with Gasteiger partial charge in [-0.25, -0.2) is 4.39 Å². The fourth-order valence-corrected chi connectivity index (χ4v) is 3.33. The van der Waals surface area contributed by atoms with Crippen molar-refractivity contribution in [2.75, 3.05) is 17.7 Å². The van der Waals surface area contributed by atoms with E-state index in [1.54, 1.807) is 13.2 Å². The first-order valence-corrected chi connectivity index (χ1v) is 8.27. The van der Waals surface area contributed by atoms with Crippen molar-refractivity contribution in [2.45, 2.75) is 6.92 Å². The molecule has 2 N–H and O–H groups in total. The molecule has 3 nitrogen and oxygen atoms in total. The van der Waals surface area contributed by atoms with Crippen LogP contribution in [0.25, 0.3) is 0 Å². The third-order valence-corrected chi connectivity index (χ3v) is 4.14. The Kier molecular flexibility index (Phi) is 5.77. The van der Waals surface area contributed by atoms with E-state index in [1.165, 1.54) is 6.07 Å². The summed E-state index contributed by atoms with van der Waals surface area (Å²) < 4.78 is 20.5. The molecule has 0 spiro atoms. The molecule has 0 saturated carbocycles. The molecule has 0 aromatic heterocycles. The summed E-state index contributed by atoms with van der Waals surface area (Å²) in [6.45, 7) is 1.96. The smallest absolute Gasteiger partial charge is 0.175 e. The van der Waals surface area contributed by atoms with Crippen LogP contribution in [0.15, 0.2) is 39.3 Å². The third kappa shape index (κ3) is 4.18. The Morgan fingerprint density at radius 2 is 1.91 bits per heavy atom. The second-order valence-electron chi connectivity index (χ2n) is 4.53. The molecule has 0 heterocycles. The molecule has 0 bridgehead atoms. The highest BCUT2D eigenvalue weighted by Crippen LogP contribution is 2.30. The maximum atomic E-state index is 14.0. The fraction of sp³-hybridized carbons (Fsp3) is 0.133. The Morgan fingerprint density at radius 1 is 1.18 bits per heavy atom. The zero-order valence-corrected chi connectivity index (χ0v) is 15.8. The van der Waals surface area contributed by atoms with Crippen molar-refractivity contribution in [3.63, 3.8) is 0 Å². The number of halogens is 3. The van der Waals surface area contributed by atoms with Crippen LogP contribution in [-0.2, 0) is 0 Å². The summed E-state index contributed by atoms with van der Waals surface area (Å²) in [4.78, 5) is 0. The van der Waals surface area contributed by atoms with Crippen LogP contribution in [0.2, 0.25) is 0 Å². The molecule has 0 unspecified atom stereocenters. The highest BCUT2D eigenvalue weighted by Gasteiger charge is 2.11. The average Bonchev–Trinajstić information content (AvgIpc) is 2.43. The standard InChI is InChI=1S/C15H13Br2FN2OS/c1-8-3-4-13(21-2)12(5-8)19-15(22)20-14-10(17)6-9(16)7-11(14)18/h3-7H,1-2H3,(H2,19,20,22). The van der Waals surface area contributed by atoms with Gasteiger partial charge in [0.15, 0.2) is 5.11 Å². The lowest BCUT2D eigenvalue weighted by molar-refractivity contribution is 0.417. The van der Waals surface area contributed by atoms with Crippen LogP contribution in [0.1, 0.15) is 5.56 Å². The van der Waals surface area contributed by atoms with Gasteiger partial charge in [0.2, 0.25) is 0 Å². The first-order chi connectivity index (χ1) is 10.4. The summed E-state index contributed by atoms with van der Waals surface area (Å²) in [6.07, 6.45) is 0. The Bertz CT molecular complexity index is 702. The number of anilines is 2. The molecule has 2 aromatic rings. The van der Waals surface area contributed by atoms with E-state index in [4.69, 9.17) is 17.0 Å². The zero-order valence-electron chi connectivity index (χ0n) is 11.8. The number of methoxy groups -OCH3 is 1. The largest absolute Gasteiger partial charge is 0.495 e. The number of hydrogen-bond acceptors (Lipinski definition) is 2. The summed E-state index contributed by atoms with van der Waals surface area (Å²) in [5.41, 5.74) is 2.04. The second kappa shape index (κ2) is 7.39. The first-order valence-electron chi connectivity index (χ1n) is 6.28. The molecule has 0 aliphatic carbocycles. The number of nitrogens with one attached hydrogen (secondary N) is 2. The lowest BCUT2D eigenvalue weighted by Crippen LogP contribution is -2.20. The number of benzene rings is 2. The molecule has 0 atom stereocenters. The van der Waals surface area contributed by atoms with E-state index in [-0.39, 0.29) is 10.8 Å². The predicted octanol–water partition coefficient (Wildman–Crippen LogP) is 5.48. The van der Waals surface area contributed by atoms with Crippen molar-refractivity contribution in [2.24, 2.45) is 0 Å². The lowest BCUT2D eigenvalue weighted by Gasteiger charge is -2.15. The minimum atomic E-state index is -0.415. The SMILES string of the molecule is COc1ccc(C)cc1NC(=S)Nc1c(F)cc(Br)cc1Br. The maximum Gasteiger partial charge on any atom is 0.175 e. The Morgan fingerprint density at radius 3 is 2.55 bits per heavy atom. The number of rotatable bonds is 3. The van der Waals surface area contributed by atoms with Gasteiger partial charge >= 0.3 is 0 Å². The van der Waals surface area contributed by atoms with E-state index < -0.39 is 5.82 Å². The zero-order chi connectivity index (χ0) is 16.3. The van der Waals surface area contributed by atoms with Gasteiger partial charge < -0.3 is 15.4 Å². The van der Waals surface area contributed by atoms with Crippen LogP contribution in [0.4, 0.5) is 15.8 Å². The highest BCUT2D eigenvalue weighted by atomic mass is 79.9. The Balaban J connectivity index is 2.19. The van der Waals surface area contributed by atoms with Crippen molar-refractivity contribution in [3.05, 3.63) is 50.7 Å². The minimum Gasteiger partial charge on any atom is -0.495 e. The normalized spacial score (nSPS) is 10.2. The van der Waals surface area contributed by atoms with E-state index in [0.29, 0.717) is 20.4 Å². The molecule has 0 saturated heterocycles. The monoisotopic (exact) mass is 446 g/mol. The summed E-state index contributed by atoms with van der Waals surface area (Å²) in [5.74, 6) is 0.242. The van der Waals surface area contributed by atoms with Crippen LogP contribution in [0, 0.1) is 12.7 Å². The van der Waals surface area contributed by atoms with Crippen molar-refractivity contribution < 1.29 is 9.13 Å². The molecule has 2 aromatic carbocycles. The maximum absolute atomic E-state index is 14.0. The molecule has 7 heteroatoms.